The maximum Gasteiger partial charge on any atom is 0.171 e. The Morgan fingerprint density at radius 2 is 1.88 bits per heavy atom. The van der Waals surface area contributed by atoms with Gasteiger partial charge in [-0.2, -0.15) is 5.10 Å². The number of hydrogen-bond acceptors (Lipinski definition) is 4. The van der Waals surface area contributed by atoms with Crippen molar-refractivity contribution in [1.29, 1.82) is 0 Å². The molecule has 1 atom stereocenters. The van der Waals surface area contributed by atoms with Crippen LogP contribution < -0.4 is 20.1 Å². The number of hydrogen-bond donors (Lipinski definition) is 2. The van der Waals surface area contributed by atoms with Crippen LogP contribution >= 0.6 is 12.2 Å². The number of nitrogens with one attached hydrogen (secondary N) is 2. The molecule has 0 amide bonds. The van der Waals surface area contributed by atoms with Crippen LogP contribution in [0.5, 0.6) is 11.5 Å². The Hall–Kier alpha value is -2.28. The first kappa shape index (κ1) is 18.1. The van der Waals surface area contributed by atoms with Crippen molar-refractivity contribution in [2.75, 3.05) is 19.5 Å². The molecule has 0 aliphatic rings. The number of methoxy groups -OCH3 is 2. The first-order valence-corrected chi connectivity index (χ1v) is 8.22. The number of aromatic nitrogens is 2. The maximum absolute atomic E-state index is 5.42. The second-order valence-corrected chi connectivity index (χ2v) is 5.86. The molecule has 1 heterocycles. The summed E-state index contributed by atoms with van der Waals surface area (Å²) in [5, 5.41) is 11.4. The summed E-state index contributed by atoms with van der Waals surface area (Å²) in [6.07, 6.45) is 2.05. The molecule has 6 nitrogen and oxygen atoms in total. The van der Waals surface area contributed by atoms with Crippen molar-refractivity contribution in [2.45, 2.75) is 33.4 Å². The van der Waals surface area contributed by atoms with Gasteiger partial charge in [0, 0.05) is 42.2 Å². The van der Waals surface area contributed by atoms with E-state index in [9.17, 15) is 0 Å². The average molecular weight is 348 g/mol. The van der Waals surface area contributed by atoms with Crippen LogP contribution in [0.15, 0.2) is 24.4 Å². The summed E-state index contributed by atoms with van der Waals surface area (Å²) in [4.78, 5) is 0. The second-order valence-electron chi connectivity index (χ2n) is 5.45. The molecule has 0 saturated heterocycles. The third kappa shape index (κ3) is 4.38. The van der Waals surface area contributed by atoms with E-state index in [4.69, 9.17) is 21.7 Å². The predicted molar refractivity (Wildman–Crippen MR) is 100.0 cm³/mol. The molecule has 130 valence electrons. The zero-order valence-electron chi connectivity index (χ0n) is 14.7. The van der Waals surface area contributed by atoms with E-state index >= 15 is 0 Å². The molecule has 1 aromatic carbocycles. The Labute approximate surface area is 148 Å². The van der Waals surface area contributed by atoms with Crippen LogP contribution in [0.1, 0.15) is 31.1 Å². The number of thiocarbonyl (C=S) groups is 1. The van der Waals surface area contributed by atoms with E-state index in [-0.39, 0.29) is 6.04 Å². The van der Waals surface area contributed by atoms with Crippen molar-refractivity contribution in [3.8, 4) is 11.5 Å². The maximum atomic E-state index is 5.42. The second kappa shape index (κ2) is 8.01. The highest BCUT2D eigenvalue weighted by atomic mass is 32.1. The quantitative estimate of drug-likeness (QED) is 0.781. The Balaban J connectivity index is 2.06. The molecule has 2 aromatic rings. The standard InChI is InChI=1S/C17H24N4O2S/c1-6-21-10-16(12(3)20-21)11(2)18-17(24)19-13-7-14(22-4)9-15(8-13)23-5/h7-11H,6H2,1-5H3,(H2,18,19,24). The van der Waals surface area contributed by atoms with E-state index in [1.165, 1.54) is 0 Å². The topological polar surface area (TPSA) is 60.3 Å². The Morgan fingerprint density at radius 1 is 1.25 bits per heavy atom. The SMILES string of the molecule is CCn1cc(C(C)NC(=S)Nc2cc(OC)cc(OC)c2)c(C)n1. The molecule has 0 aliphatic heterocycles. The van der Waals surface area contributed by atoms with Gasteiger partial charge in [-0.15, -0.1) is 0 Å². The minimum Gasteiger partial charge on any atom is -0.497 e. The van der Waals surface area contributed by atoms with Gasteiger partial charge in [0.2, 0.25) is 0 Å². The molecule has 0 bridgehead atoms. The highest BCUT2D eigenvalue weighted by molar-refractivity contribution is 7.80. The molecular weight excluding hydrogens is 324 g/mol. The summed E-state index contributed by atoms with van der Waals surface area (Å²) in [6, 6.07) is 5.59. The smallest absolute Gasteiger partial charge is 0.171 e. The van der Waals surface area contributed by atoms with Crippen LogP contribution in [0, 0.1) is 6.92 Å². The normalized spacial score (nSPS) is 11.7. The molecule has 0 aliphatic carbocycles. The fourth-order valence-electron chi connectivity index (χ4n) is 2.44. The number of rotatable bonds is 6. The summed E-state index contributed by atoms with van der Waals surface area (Å²) < 4.78 is 12.5. The summed E-state index contributed by atoms with van der Waals surface area (Å²) in [5.74, 6) is 1.40. The fraction of sp³-hybridized carbons (Fsp3) is 0.412. The van der Waals surface area contributed by atoms with Crippen molar-refractivity contribution in [2.24, 2.45) is 0 Å². The van der Waals surface area contributed by atoms with Gasteiger partial charge in [0.1, 0.15) is 11.5 Å². The Morgan fingerprint density at radius 3 is 2.38 bits per heavy atom. The van der Waals surface area contributed by atoms with Gasteiger partial charge in [-0.1, -0.05) is 0 Å². The van der Waals surface area contributed by atoms with Gasteiger partial charge < -0.3 is 20.1 Å². The first-order chi connectivity index (χ1) is 11.5. The molecule has 7 heteroatoms. The van der Waals surface area contributed by atoms with Crippen LogP contribution in [-0.2, 0) is 6.54 Å². The van der Waals surface area contributed by atoms with Crippen LogP contribution in [-0.4, -0.2) is 29.1 Å². The van der Waals surface area contributed by atoms with Crippen LogP contribution in [0.4, 0.5) is 5.69 Å². The van der Waals surface area contributed by atoms with Crippen molar-refractivity contribution < 1.29 is 9.47 Å². The molecule has 2 N–H and O–H groups in total. The summed E-state index contributed by atoms with van der Waals surface area (Å²) in [7, 11) is 3.23. The molecule has 0 saturated carbocycles. The van der Waals surface area contributed by atoms with Crippen molar-refractivity contribution >= 4 is 23.0 Å². The lowest BCUT2D eigenvalue weighted by atomic mass is 10.1. The molecule has 1 unspecified atom stereocenters. The monoisotopic (exact) mass is 348 g/mol. The molecule has 1 aromatic heterocycles. The molecule has 2 rings (SSSR count). The zero-order chi connectivity index (χ0) is 17.7. The van der Waals surface area contributed by atoms with E-state index < -0.39 is 0 Å². The van der Waals surface area contributed by atoms with Crippen molar-refractivity contribution in [3.63, 3.8) is 0 Å². The molecular formula is C17H24N4O2S. The average Bonchev–Trinajstić information content (AvgIpc) is 2.95. The number of benzene rings is 1. The van der Waals surface area contributed by atoms with Crippen molar-refractivity contribution in [3.05, 3.63) is 35.7 Å². The summed E-state index contributed by atoms with van der Waals surface area (Å²) in [5.41, 5.74) is 2.93. The van der Waals surface area contributed by atoms with E-state index in [1.807, 2.05) is 36.0 Å². The third-order valence-corrected chi connectivity index (χ3v) is 3.95. The lowest BCUT2D eigenvalue weighted by Crippen LogP contribution is -2.31. The fourth-order valence-corrected chi connectivity index (χ4v) is 2.74. The van der Waals surface area contributed by atoms with E-state index in [0.29, 0.717) is 16.6 Å². The highest BCUT2D eigenvalue weighted by Gasteiger charge is 2.13. The van der Waals surface area contributed by atoms with Gasteiger partial charge in [0.15, 0.2) is 5.11 Å². The van der Waals surface area contributed by atoms with Crippen LogP contribution in [0.25, 0.3) is 0 Å². The minimum atomic E-state index is 0.0535. The van der Waals surface area contributed by atoms with Gasteiger partial charge in [0.25, 0.3) is 0 Å². The first-order valence-electron chi connectivity index (χ1n) is 7.81. The lowest BCUT2D eigenvalue weighted by molar-refractivity contribution is 0.395. The van der Waals surface area contributed by atoms with Crippen molar-refractivity contribution in [1.82, 2.24) is 15.1 Å². The van der Waals surface area contributed by atoms with Gasteiger partial charge in [-0.05, 0) is 33.0 Å². The zero-order valence-corrected chi connectivity index (χ0v) is 15.5. The molecule has 0 fully saturated rings. The molecule has 0 radical (unpaired) electrons. The third-order valence-electron chi connectivity index (χ3n) is 3.73. The van der Waals surface area contributed by atoms with Crippen LogP contribution in [0.3, 0.4) is 0 Å². The predicted octanol–water partition coefficient (Wildman–Crippen LogP) is 3.28. The Kier molecular flexibility index (Phi) is 6.03. The summed E-state index contributed by atoms with van der Waals surface area (Å²) >= 11 is 5.42. The number of anilines is 1. The summed E-state index contributed by atoms with van der Waals surface area (Å²) in [6.45, 7) is 6.98. The molecule has 24 heavy (non-hydrogen) atoms. The lowest BCUT2D eigenvalue weighted by Gasteiger charge is -2.17. The van der Waals surface area contributed by atoms with E-state index in [0.717, 1.165) is 23.5 Å². The number of nitrogens with zero attached hydrogens (tertiary/aromatic N) is 2. The highest BCUT2D eigenvalue weighted by Crippen LogP contribution is 2.26. The minimum absolute atomic E-state index is 0.0535. The van der Waals surface area contributed by atoms with E-state index in [1.54, 1.807) is 14.2 Å². The molecule has 0 spiro atoms. The van der Waals surface area contributed by atoms with Crippen LogP contribution in [0.2, 0.25) is 0 Å². The number of ether oxygens (including phenoxy) is 2. The number of aryl methyl sites for hydroxylation is 2. The Bertz CT molecular complexity index is 692. The van der Waals surface area contributed by atoms with Gasteiger partial charge >= 0.3 is 0 Å². The van der Waals surface area contributed by atoms with Gasteiger partial charge in [-0.3, -0.25) is 4.68 Å². The largest absolute Gasteiger partial charge is 0.497 e. The van der Waals surface area contributed by atoms with Gasteiger partial charge in [0.05, 0.1) is 26.0 Å². The van der Waals surface area contributed by atoms with E-state index in [2.05, 4.69) is 29.6 Å². The van der Waals surface area contributed by atoms with Gasteiger partial charge in [-0.25, -0.2) is 0 Å².